The Balaban J connectivity index is 0.00000106. The van der Waals surface area contributed by atoms with Gasteiger partial charge in [-0.1, -0.05) is 13.8 Å². The molecule has 0 spiro atoms. The summed E-state index contributed by atoms with van der Waals surface area (Å²) < 4.78 is 5.99. The van der Waals surface area contributed by atoms with Crippen LogP contribution in [0.25, 0.3) is 0 Å². The Morgan fingerprint density at radius 2 is 1.90 bits per heavy atom. The van der Waals surface area contributed by atoms with Gasteiger partial charge in [0.1, 0.15) is 6.23 Å². The second-order valence-electron chi connectivity index (χ2n) is 6.31. The molecular formula is C14H24I2N2O3. The minimum atomic E-state index is -0.592. The second kappa shape index (κ2) is 7.76. The van der Waals surface area contributed by atoms with E-state index < -0.39 is 5.41 Å². The van der Waals surface area contributed by atoms with E-state index in [1.807, 2.05) is 20.8 Å². The zero-order chi connectivity index (χ0) is 16.4. The number of urea groups is 1. The van der Waals surface area contributed by atoms with Crippen LogP contribution in [0.3, 0.4) is 0 Å². The minimum Gasteiger partial charge on any atom is -0.355 e. The molecule has 4 atom stereocenters. The molecule has 2 saturated heterocycles. The molecule has 2 rings (SSSR count). The van der Waals surface area contributed by atoms with Gasteiger partial charge in [0.25, 0.3) is 0 Å². The largest absolute Gasteiger partial charge is 0.355 e. The predicted molar refractivity (Wildman–Crippen MR) is 99.4 cm³/mol. The van der Waals surface area contributed by atoms with Gasteiger partial charge in [0, 0.05) is 43.3 Å². The highest BCUT2D eigenvalue weighted by molar-refractivity contribution is 15.0. The van der Waals surface area contributed by atoms with E-state index in [-0.39, 0.29) is 30.3 Å². The summed E-state index contributed by atoms with van der Waals surface area (Å²) in [6, 6.07) is -0.493. The molecule has 0 radical (unpaired) electrons. The standard InChI is InChI=1S/C14H24N2O3.I2/c1-6-10-8(2)7-11(19-10)16-9(3)14(4,5)12(17)15-13(16)18;1-2/h8-11H,6-7H2,1-5H3,(H,15,17,18);. The average Bonchev–Trinajstić information content (AvgIpc) is 2.80. The van der Waals surface area contributed by atoms with Crippen molar-refractivity contribution >= 4 is 49.2 Å². The van der Waals surface area contributed by atoms with E-state index in [0.717, 1.165) is 12.8 Å². The Morgan fingerprint density at radius 3 is 2.38 bits per heavy atom. The van der Waals surface area contributed by atoms with Gasteiger partial charge in [-0.3, -0.25) is 15.0 Å². The summed E-state index contributed by atoms with van der Waals surface area (Å²) in [5.41, 5.74) is -0.592. The quantitative estimate of drug-likeness (QED) is 0.561. The molecule has 0 aromatic heterocycles. The molecule has 0 aliphatic carbocycles. The molecule has 0 aromatic carbocycles. The monoisotopic (exact) mass is 522 g/mol. The molecule has 3 amide bonds. The number of carbonyl (C=O) groups is 2. The first-order valence-corrected chi connectivity index (χ1v) is 13.5. The lowest BCUT2D eigenvalue weighted by Crippen LogP contribution is -2.65. The third kappa shape index (κ3) is 3.82. The van der Waals surface area contributed by atoms with Gasteiger partial charge < -0.3 is 4.74 Å². The summed E-state index contributed by atoms with van der Waals surface area (Å²) in [5, 5.41) is 2.44. The maximum absolute atomic E-state index is 12.1. The number of carbonyl (C=O) groups excluding carboxylic acids is 2. The number of hydrogen-bond donors (Lipinski definition) is 1. The van der Waals surface area contributed by atoms with Crippen molar-refractivity contribution in [2.24, 2.45) is 11.3 Å². The molecule has 0 saturated carbocycles. The predicted octanol–water partition coefficient (Wildman–Crippen LogP) is 3.89. The Bertz CT molecular complexity index is 404. The van der Waals surface area contributed by atoms with Crippen molar-refractivity contribution in [1.29, 1.82) is 0 Å². The third-order valence-electron chi connectivity index (χ3n) is 4.75. The van der Waals surface area contributed by atoms with Gasteiger partial charge >= 0.3 is 6.03 Å². The van der Waals surface area contributed by atoms with Crippen LogP contribution < -0.4 is 5.32 Å². The van der Waals surface area contributed by atoms with E-state index in [1.54, 1.807) is 4.90 Å². The average molecular weight is 522 g/mol. The first kappa shape index (κ1) is 19.4. The lowest BCUT2D eigenvalue weighted by molar-refractivity contribution is -0.140. The smallest absolute Gasteiger partial charge is 0.326 e. The second-order valence-corrected chi connectivity index (χ2v) is 6.31. The summed E-state index contributed by atoms with van der Waals surface area (Å²) >= 11 is 4.24. The van der Waals surface area contributed by atoms with Crippen LogP contribution in [-0.2, 0) is 9.53 Å². The van der Waals surface area contributed by atoms with Gasteiger partial charge in [-0.25, -0.2) is 4.79 Å². The summed E-state index contributed by atoms with van der Waals surface area (Å²) in [6.07, 6.45) is 1.76. The van der Waals surface area contributed by atoms with Gasteiger partial charge in [-0.15, -0.1) is 0 Å². The van der Waals surface area contributed by atoms with Crippen LogP contribution >= 0.6 is 37.2 Å². The SMILES string of the molecule is CCC1OC(N2C(=O)NC(=O)C(C)(C)C2C)CC1C.II. The van der Waals surface area contributed by atoms with Crippen LogP contribution in [0.4, 0.5) is 4.79 Å². The van der Waals surface area contributed by atoms with Crippen LogP contribution in [0.2, 0.25) is 0 Å². The van der Waals surface area contributed by atoms with Crippen LogP contribution in [0.1, 0.15) is 47.5 Å². The molecule has 7 heteroatoms. The number of halogens is 2. The van der Waals surface area contributed by atoms with Gasteiger partial charge in [-0.2, -0.15) is 0 Å². The van der Waals surface area contributed by atoms with E-state index >= 15 is 0 Å². The van der Waals surface area contributed by atoms with Crippen molar-refractivity contribution in [3.63, 3.8) is 0 Å². The number of hydrogen-bond acceptors (Lipinski definition) is 3. The van der Waals surface area contributed by atoms with Gasteiger partial charge in [0.2, 0.25) is 5.91 Å². The fourth-order valence-electron chi connectivity index (χ4n) is 2.96. The zero-order valence-corrected chi connectivity index (χ0v) is 17.5. The first-order chi connectivity index (χ1) is 9.78. The fourth-order valence-corrected chi connectivity index (χ4v) is 2.96. The van der Waals surface area contributed by atoms with Gasteiger partial charge in [-0.05, 0) is 39.5 Å². The Hall–Kier alpha value is 0.360. The van der Waals surface area contributed by atoms with Crippen LogP contribution in [-0.4, -0.2) is 35.2 Å². The zero-order valence-electron chi connectivity index (χ0n) is 13.2. The number of imide groups is 1. The topological polar surface area (TPSA) is 58.6 Å². The van der Waals surface area contributed by atoms with Crippen molar-refractivity contribution < 1.29 is 14.3 Å². The van der Waals surface area contributed by atoms with E-state index in [9.17, 15) is 9.59 Å². The van der Waals surface area contributed by atoms with Gasteiger partial charge in [0.05, 0.1) is 11.5 Å². The molecule has 5 nitrogen and oxygen atoms in total. The molecule has 21 heavy (non-hydrogen) atoms. The number of ether oxygens (including phenoxy) is 1. The normalized spacial score (nSPS) is 35.1. The molecule has 2 fully saturated rings. The molecule has 1 N–H and O–H groups in total. The Kier molecular flexibility index (Phi) is 7.17. The summed E-state index contributed by atoms with van der Waals surface area (Å²) in [6.45, 7) is 9.89. The Morgan fingerprint density at radius 1 is 1.33 bits per heavy atom. The van der Waals surface area contributed by atoms with Crippen molar-refractivity contribution in [3.8, 4) is 0 Å². The lowest BCUT2D eigenvalue weighted by atomic mass is 9.81. The molecule has 2 aliphatic rings. The van der Waals surface area contributed by atoms with E-state index in [4.69, 9.17) is 4.74 Å². The summed E-state index contributed by atoms with van der Waals surface area (Å²) in [7, 11) is 0. The highest BCUT2D eigenvalue weighted by Crippen LogP contribution is 2.36. The maximum atomic E-state index is 12.1. The van der Waals surface area contributed by atoms with Crippen molar-refractivity contribution in [2.75, 3.05) is 0 Å². The molecule has 122 valence electrons. The molecule has 0 bridgehead atoms. The minimum absolute atomic E-state index is 0.165. The lowest BCUT2D eigenvalue weighted by Gasteiger charge is -2.45. The number of nitrogens with zero attached hydrogens (tertiary/aromatic N) is 1. The maximum Gasteiger partial charge on any atom is 0.326 e. The van der Waals surface area contributed by atoms with Crippen molar-refractivity contribution in [3.05, 3.63) is 0 Å². The first-order valence-electron chi connectivity index (χ1n) is 7.22. The number of rotatable bonds is 2. The molecular weight excluding hydrogens is 498 g/mol. The summed E-state index contributed by atoms with van der Waals surface area (Å²) in [5.74, 6) is 0.232. The van der Waals surface area contributed by atoms with E-state index in [1.165, 1.54) is 0 Å². The van der Waals surface area contributed by atoms with E-state index in [0.29, 0.717) is 5.92 Å². The van der Waals surface area contributed by atoms with Crippen LogP contribution in [0.15, 0.2) is 0 Å². The molecule has 2 heterocycles. The highest BCUT2D eigenvalue weighted by atomic mass is 128. The highest BCUT2D eigenvalue weighted by Gasteiger charge is 2.49. The summed E-state index contributed by atoms with van der Waals surface area (Å²) in [4.78, 5) is 25.7. The van der Waals surface area contributed by atoms with Crippen molar-refractivity contribution in [2.45, 2.75) is 65.8 Å². The van der Waals surface area contributed by atoms with Crippen LogP contribution in [0.5, 0.6) is 0 Å². The number of nitrogens with one attached hydrogen (secondary N) is 1. The van der Waals surface area contributed by atoms with Gasteiger partial charge in [0.15, 0.2) is 0 Å². The fraction of sp³-hybridized carbons (Fsp3) is 0.857. The number of amides is 3. The van der Waals surface area contributed by atoms with E-state index in [2.05, 4.69) is 56.4 Å². The Labute approximate surface area is 150 Å². The molecule has 2 aliphatic heterocycles. The molecule has 4 unspecified atom stereocenters. The molecule has 0 aromatic rings. The third-order valence-corrected chi connectivity index (χ3v) is 4.75. The van der Waals surface area contributed by atoms with Crippen molar-refractivity contribution in [1.82, 2.24) is 10.2 Å². The van der Waals surface area contributed by atoms with Crippen LogP contribution in [0, 0.1) is 11.3 Å².